The molecular weight excluding hydrogens is 356 g/mol. The van der Waals surface area contributed by atoms with Crippen molar-refractivity contribution in [2.75, 3.05) is 19.8 Å². The van der Waals surface area contributed by atoms with E-state index >= 15 is 0 Å². The fourth-order valence-corrected chi connectivity index (χ4v) is 3.12. The van der Waals surface area contributed by atoms with Gasteiger partial charge in [0.15, 0.2) is 0 Å². The van der Waals surface area contributed by atoms with Crippen LogP contribution in [0.15, 0.2) is 24.3 Å². The molecule has 0 radical (unpaired) electrons. The van der Waals surface area contributed by atoms with Crippen molar-refractivity contribution < 1.29 is 24.9 Å². The summed E-state index contributed by atoms with van der Waals surface area (Å²) in [5, 5.41) is 27.5. The highest BCUT2D eigenvalue weighted by Crippen LogP contribution is 2.21. The largest absolute Gasteiger partial charge is 0.463 e. The Morgan fingerprint density at radius 1 is 0.964 bits per heavy atom. The van der Waals surface area contributed by atoms with Gasteiger partial charge in [-0.15, -0.1) is 0 Å². The minimum Gasteiger partial charge on any atom is -0.463 e. The number of hydrogen-bond donors (Lipinski definition) is 3. The van der Waals surface area contributed by atoms with E-state index in [1.165, 1.54) is 19.3 Å². The van der Waals surface area contributed by atoms with Crippen LogP contribution in [0.3, 0.4) is 0 Å². The normalized spacial score (nSPS) is 14.0. The fraction of sp³-hybridized carbons (Fsp3) is 0.783. The molecule has 164 valence electrons. The molecule has 0 saturated carbocycles. The molecule has 0 spiro atoms. The number of ether oxygens (including phenoxy) is 1. The van der Waals surface area contributed by atoms with Crippen LogP contribution in [0.4, 0.5) is 0 Å². The van der Waals surface area contributed by atoms with E-state index in [1.807, 2.05) is 0 Å². The number of carbonyl (C=O) groups is 1. The van der Waals surface area contributed by atoms with Gasteiger partial charge in [-0.25, -0.2) is 0 Å². The van der Waals surface area contributed by atoms with Crippen LogP contribution in [0.1, 0.15) is 84.0 Å². The molecule has 2 unspecified atom stereocenters. The first-order chi connectivity index (χ1) is 13.6. The minimum absolute atomic E-state index is 0.0599. The van der Waals surface area contributed by atoms with Crippen LogP contribution in [0.25, 0.3) is 0 Å². The molecule has 0 saturated heterocycles. The molecule has 0 aliphatic heterocycles. The van der Waals surface area contributed by atoms with Crippen LogP contribution in [-0.2, 0) is 9.53 Å². The number of esters is 1. The fourth-order valence-electron chi connectivity index (χ4n) is 3.12. The molecule has 0 rings (SSSR count). The van der Waals surface area contributed by atoms with Crippen LogP contribution < -0.4 is 0 Å². The molecule has 5 nitrogen and oxygen atoms in total. The summed E-state index contributed by atoms with van der Waals surface area (Å²) in [5.41, 5.74) is 0. The van der Waals surface area contributed by atoms with Crippen LogP contribution in [0.5, 0.6) is 0 Å². The van der Waals surface area contributed by atoms with Crippen molar-refractivity contribution in [3.8, 4) is 0 Å². The van der Waals surface area contributed by atoms with Crippen molar-refractivity contribution in [2.45, 2.75) is 90.1 Å². The van der Waals surface area contributed by atoms with Crippen molar-refractivity contribution in [3.05, 3.63) is 24.3 Å². The molecular formula is C23H42O5. The number of unbranched alkanes of at least 4 members (excludes halogenated alkanes) is 4. The zero-order valence-corrected chi connectivity index (χ0v) is 17.7. The highest BCUT2D eigenvalue weighted by atomic mass is 16.5. The molecule has 28 heavy (non-hydrogen) atoms. The molecule has 0 amide bonds. The first kappa shape index (κ1) is 26.8. The summed E-state index contributed by atoms with van der Waals surface area (Å²) in [6.07, 6.45) is 19.6. The van der Waals surface area contributed by atoms with Crippen molar-refractivity contribution in [2.24, 2.45) is 5.92 Å². The third kappa shape index (κ3) is 18.2. The summed E-state index contributed by atoms with van der Waals surface area (Å²) in [5.74, 6) is 0.0662. The number of carbonyl (C=O) groups excluding carboxylic acids is 1. The SMILES string of the molecule is CCCCC/C=C\C/C=C\CCC(CCCCC(=O)OCCO)CC(O)CO. The second kappa shape index (κ2) is 20.6. The lowest BCUT2D eigenvalue weighted by atomic mass is 9.90. The summed E-state index contributed by atoms with van der Waals surface area (Å²) in [4.78, 5) is 11.4. The van der Waals surface area contributed by atoms with E-state index in [0.717, 1.165) is 44.9 Å². The molecule has 0 aromatic heterocycles. The monoisotopic (exact) mass is 398 g/mol. The van der Waals surface area contributed by atoms with Gasteiger partial charge in [0.05, 0.1) is 19.3 Å². The maximum atomic E-state index is 11.4. The Balaban J connectivity index is 4.01. The van der Waals surface area contributed by atoms with E-state index in [9.17, 15) is 9.90 Å². The number of aliphatic hydroxyl groups excluding tert-OH is 3. The highest BCUT2D eigenvalue weighted by Gasteiger charge is 2.14. The molecule has 0 heterocycles. The van der Waals surface area contributed by atoms with E-state index in [1.54, 1.807) is 0 Å². The van der Waals surface area contributed by atoms with Gasteiger partial charge in [-0.2, -0.15) is 0 Å². The summed E-state index contributed by atoms with van der Waals surface area (Å²) >= 11 is 0. The van der Waals surface area contributed by atoms with E-state index < -0.39 is 6.10 Å². The van der Waals surface area contributed by atoms with E-state index in [4.69, 9.17) is 14.9 Å². The lowest BCUT2D eigenvalue weighted by Crippen LogP contribution is -2.17. The zero-order valence-electron chi connectivity index (χ0n) is 17.7. The van der Waals surface area contributed by atoms with Crippen LogP contribution >= 0.6 is 0 Å². The van der Waals surface area contributed by atoms with Crippen molar-refractivity contribution in [3.63, 3.8) is 0 Å². The Hall–Kier alpha value is -1.17. The number of allylic oxidation sites excluding steroid dienone is 4. The van der Waals surface area contributed by atoms with Gasteiger partial charge in [-0.1, -0.05) is 56.9 Å². The number of aliphatic hydroxyl groups is 3. The molecule has 5 heteroatoms. The van der Waals surface area contributed by atoms with Gasteiger partial charge in [0.1, 0.15) is 6.61 Å². The van der Waals surface area contributed by atoms with E-state index in [-0.39, 0.29) is 25.8 Å². The topological polar surface area (TPSA) is 87.0 Å². The third-order valence-corrected chi connectivity index (χ3v) is 4.74. The lowest BCUT2D eigenvalue weighted by Gasteiger charge is -2.18. The van der Waals surface area contributed by atoms with Gasteiger partial charge in [0.2, 0.25) is 0 Å². The number of hydrogen-bond acceptors (Lipinski definition) is 5. The number of rotatable bonds is 19. The lowest BCUT2D eigenvalue weighted by molar-refractivity contribution is -0.144. The molecule has 0 fully saturated rings. The predicted molar refractivity (Wildman–Crippen MR) is 114 cm³/mol. The molecule has 0 aromatic rings. The smallest absolute Gasteiger partial charge is 0.305 e. The van der Waals surface area contributed by atoms with E-state index in [2.05, 4.69) is 31.2 Å². The average Bonchev–Trinajstić information content (AvgIpc) is 2.70. The van der Waals surface area contributed by atoms with Crippen LogP contribution in [0.2, 0.25) is 0 Å². The predicted octanol–water partition coefficient (Wildman–Crippen LogP) is 4.30. The van der Waals surface area contributed by atoms with Gasteiger partial charge in [0.25, 0.3) is 0 Å². The van der Waals surface area contributed by atoms with E-state index in [0.29, 0.717) is 18.8 Å². The average molecular weight is 399 g/mol. The second-order valence-electron chi connectivity index (χ2n) is 7.38. The van der Waals surface area contributed by atoms with Crippen LogP contribution in [0, 0.1) is 5.92 Å². The van der Waals surface area contributed by atoms with Gasteiger partial charge in [0, 0.05) is 6.42 Å². The first-order valence-corrected chi connectivity index (χ1v) is 11.0. The van der Waals surface area contributed by atoms with Gasteiger partial charge < -0.3 is 20.1 Å². The first-order valence-electron chi connectivity index (χ1n) is 11.0. The maximum absolute atomic E-state index is 11.4. The Kier molecular flexibility index (Phi) is 19.7. The molecule has 0 aliphatic carbocycles. The molecule has 0 aromatic carbocycles. The maximum Gasteiger partial charge on any atom is 0.305 e. The molecule has 0 bridgehead atoms. The Labute approximate surface area is 171 Å². The van der Waals surface area contributed by atoms with Crippen molar-refractivity contribution in [1.82, 2.24) is 0 Å². The van der Waals surface area contributed by atoms with Gasteiger partial charge >= 0.3 is 5.97 Å². The third-order valence-electron chi connectivity index (χ3n) is 4.74. The molecule has 3 N–H and O–H groups in total. The Morgan fingerprint density at radius 2 is 1.71 bits per heavy atom. The van der Waals surface area contributed by atoms with Gasteiger partial charge in [-0.05, 0) is 50.9 Å². The molecule has 0 aliphatic rings. The zero-order chi connectivity index (χ0) is 20.9. The summed E-state index contributed by atoms with van der Waals surface area (Å²) in [7, 11) is 0. The molecule has 2 atom stereocenters. The second-order valence-corrected chi connectivity index (χ2v) is 7.38. The highest BCUT2D eigenvalue weighted by molar-refractivity contribution is 5.69. The summed E-state index contributed by atoms with van der Waals surface area (Å²) in [6, 6.07) is 0. The quantitative estimate of drug-likeness (QED) is 0.171. The van der Waals surface area contributed by atoms with Crippen molar-refractivity contribution in [1.29, 1.82) is 0 Å². The summed E-state index contributed by atoms with van der Waals surface area (Å²) in [6.45, 7) is 1.93. The summed E-state index contributed by atoms with van der Waals surface area (Å²) < 4.78 is 4.84. The Bertz CT molecular complexity index is 406. The van der Waals surface area contributed by atoms with Crippen LogP contribution in [-0.4, -0.2) is 47.2 Å². The standard InChI is InChI=1S/C23H42O5/c1-2-3-4-5-6-7-8-9-10-11-14-21(19-22(26)20-25)15-12-13-16-23(27)28-18-17-24/h6-7,9-10,21-22,24-26H,2-5,8,11-20H2,1H3/b7-6-,10-9-. The Morgan fingerprint density at radius 3 is 2.39 bits per heavy atom. The van der Waals surface area contributed by atoms with Gasteiger partial charge in [-0.3, -0.25) is 4.79 Å². The van der Waals surface area contributed by atoms with Crippen molar-refractivity contribution >= 4 is 5.97 Å². The minimum atomic E-state index is -0.672.